The lowest BCUT2D eigenvalue weighted by atomic mass is 9.86. The van der Waals surface area contributed by atoms with Crippen molar-refractivity contribution in [1.29, 1.82) is 0 Å². The van der Waals surface area contributed by atoms with E-state index in [0.717, 1.165) is 16.8 Å². The Bertz CT molecular complexity index is 1100. The highest BCUT2D eigenvalue weighted by Gasteiger charge is 2.37. The van der Waals surface area contributed by atoms with Crippen LogP contribution >= 0.6 is 0 Å². The van der Waals surface area contributed by atoms with Gasteiger partial charge in [0.05, 0.1) is 10.9 Å². The molecule has 1 aromatic heterocycles. The summed E-state index contributed by atoms with van der Waals surface area (Å²) < 4.78 is 30.9. The molecule has 0 amide bonds. The third-order valence-corrected chi connectivity index (χ3v) is 7.59. The monoisotopic (exact) mass is 408 g/mol. The van der Waals surface area contributed by atoms with Crippen LogP contribution in [0, 0.1) is 6.92 Å². The molecule has 152 valence electrons. The quantitative estimate of drug-likeness (QED) is 0.619. The van der Waals surface area contributed by atoms with Gasteiger partial charge in [-0.3, -0.25) is 0 Å². The van der Waals surface area contributed by atoms with Gasteiger partial charge in [0.2, 0.25) is 10.0 Å². The predicted molar refractivity (Wildman–Crippen MR) is 116 cm³/mol. The number of hydrogen-bond donors (Lipinski definition) is 0. The average Bonchev–Trinajstić information content (AvgIpc) is 3.16. The van der Waals surface area contributed by atoms with E-state index in [-0.39, 0.29) is 11.5 Å². The van der Waals surface area contributed by atoms with Gasteiger partial charge < -0.3 is 4.57 Å². The molecule has 4 rings (SSSR count). The maximum atomic E-state index is 13.6. The summed E-state index contributed by atoms with van der Waals surface area (Å²) in [5.41, 5.74) is 4.34. The van der Waals surface area contributed by atoms with Crippen LogP contribution in [-0.4, -0.2) is 23.8 Å². The van der Waals surface area contributed by atoms with E-state index in [9.17, 15) is 8.42 Å². The summed E-state index contributed by atoms with van der Waals surface area (Å²) in [5, 5.41) is 0. The van der Waals surface area contributed by atoms with Crippen LogP contribution < -0.4 is 0 Å². The fourth-order valence-electron chi connectivity index (χ4n) is 3.97. The molecule has 0 aliphatic carbocycles. The minimum atomic E-state index is -3.62. The van der Waals surface area contributed by atoms with Crippen LogP contribution in [0.3, 0.4) is 0 Å². The van der Waals surface area contributed by atoms with Gasteiger partial charge in [-0.25, -0.2) is 8.42 Å². The summed E-state index contributed by atoms with van der Waals surface area (Å²) in [6.45, 7) is 9.61. The standard InChI is InChI=1S/C24H28N2O2S/c1-18-7-13-21(14-8-18)29(27,28)26-17-16-25-15-5-6-22(25)23(26)19-9-11-20(12-10-19)24(2,3)4/h5-15,23H,16-17H2,1-4H3. The zero-order chi connectivity index (χ0) is 20.8. The first kappa shape index (κ1) is 19.9. The second kappa shape index (κ2) is 7.15. The fraction of sp³-hybridized carbons (Fsp3) is 0.333. The third-order valence-electron chi connectivity index (χ3n) is 5.71. The Morgan fingerprint density at radius 2 is 1.55 bits per heavy atom. The highest BCUT2D eigenvalue weighted by Crippen LogP contribution is 2.37. The van der Waals surface area contributed by atoms with Crippen molar-refractivity contribution in [1.82, 2.24) is 8.87 Å². The zero-order valence-electron chi connectivity index (χ0n) is 17.5. The van der Waals surface area contributed by atoms with Crippen LogP contribution in [0.2, 0.25) is 0 Å². The van der Waals surface area contributed by atoms with Gasteiger partial charge in [-0.05, 0) is 47.7 Å². The summed E-state index contributed by atoms with van der Waals surface area (Å²) >= 11 is 0. The molecule has 0 saturated carbocycles. The smallest absolute Gasteiger partial charge is 0.244 e. The van der Waals surface area contributed by atoms with Crippen molar-refractivity contribution >= 4 is 10.0 Å². The first-order valence-electron chi connectivity index (χ1n) is 10.0. The normalized spacial score (nSPS) is 17.9. The molecule has 1 atom stereocenters. The average molecular weight is 409 g/mol. The van der Waals surface area contributed by atoms with Gasteiger partial charge >= 0.3 is 0 Å². The molecule has 0 N–H and O–H groups in total. The van der Waals surface area contributed by atoms with Crippen molar-refractivity contribution < 1.29 is 8.42 Å². The van der Waals surface area contributed by atoms with Crippen LogP contribution in [0.1, 0.15) is 49.2 Å². The molecule has 0 fully saturated rings. The van der Waals surface area contributed by atoms with Crippen molar-refractivity contribution in [3.05, 3.63) is 89.2 Å². The molecule has 1 aliphatic rings. The van der Waals surface area contributed by atoms with E-state index in [2.05, 4.69) is 49.6 Å². The lowest BCUT2D eigenvalue weighted by Crippen LogP contribution is -2.42. The molecule has 1 unspecified atom stereocenters. The van der Waals surface area contributed by atoms with Crippen LogP contribution in [0.25, 0.3) is 0 Å². The number of nitrogens with zero attached hydrogens (tertiary/aromatic N) is 2. The SMILES string of the molecule is Cc1ccc(S(=O)(=O)N2CCn3cccc3C2c2ccc(C(C)(C)C)cc2)cc1. The van der Waals surface area contributed by atoms with E-state index in [0.29, 0.717) is 18.0 Å². The Hall–Kier alpha value is -2.37. The molecule has 0 bridgehead atoms. The number of fused-ring (bicyclic) bond motifs is 1. The molecular weight excluding hydrogens is 380 g/mol. The topological polar surface area (TPSA) is 42.3 Å². The minimum absolute atomic E-state index is 0.0545. The van der Waals surface area contributed by atoms with E-state index in [4.69, 9.17) is 0 Å². The largest absolute Gasteiger partial charge is 0.348 e. The van der Waals surface area contributed by atoms with Crippen molar-refractivity contribution in [3.8, 4) is 0 Å². The Balaban J connectivity index is 1.80. The number of aromatic nitrogens is 1. The Labute approximate surface area is 173 Å². The van der Waals surface area contributed by atoms with Crippen molar-refractivity contribution in [2.45, 2.75) is 50.6 Å². The molecule has 0 radical (unpaired) electrons. The lowest BCUT2D eigenvalue weighted by molar-refractivity contribution is 0.298. The summed E-state index contributed by atoms with van der Waals surface area (Å²) in [7, 11) is -3.62. The maximum Gasteiger partial charge on any atom is 0.244 e. The summed E-state index contributed by atoms with van der Waals surface area (Å²) in [6, 6.07) is 19.2. The highest BCUT2D eigenvalue weighted by atomic mass is 32.2. The number of hydrogen-bond acceptors (Lipinski definition) is 2. The Morgan fingerprint density at radius 3 is 2.17 bits per heavy atom. The van der Waals surface area contributed by atoms with Crippen molar-refractivity contribution in [2.24, 2.45) is 0 Å². The Kier molecular flexibility index (Phi) is 4.91. The number of aryl methyl sites for hydroxylation is 1. The molecule has 4 nitrogen and oxygen atoms in total. The van der Waals surface area contributed by atoms with Crippen LogP contribution in [0.4, 0.5) is 0 Å². The first-order valence-corrected chi connectivity index (χ1v) is 11.5. The second-order valence-corrected chi connectivity index (χ2v) is 10.7. The van der Waals surface area contributed by atoms with Gasteiger partial charge in [0.1, 0.15) is 0 Å². The molecule has 0 spiro atoms. The van der Waals surface area contributed by atoms with Gasteiger partial charge in [-0.2, -0.15) is 4.31 Å². The molecule has 1 aliphatic heterocycles. The fourth-order valence-corrected chi connectivity index (χ4v) is 5.55. The molecule has 29 heavy (non-hydrogen) atoms. The van der Waals surface area contributed by atoms with Gasteiger partial charge in [-0.1, -0.05) is 62.7 Å². The molecule has 2 heterocycles. The van der Waals surface area contributed by atoms with Crippen LogP contribution in [-0.2, 0) is 22.0 Å². The summed E-state index contributed by atoms with van der Waals surface area (Å²) in [4.78, 5) is 0.347. The highest BCUT2D eigenvalue weighted by molar-refractivity contribution is 7.89. The van der Waals surface area contributed by atoms with E-state index < -0.39 is 10.0 Å². The van der Waals surface area contributed by atoms with Gasteiger partial charge in [0, 0.05) is 25.0 Å². The van der Waals surface area contributed by atoms with E-state index in [1.807, 2.05) is 37.4 Å². The van der Waals surface area contributed by atoms with E-state index in [1.54, 1.807) is 16.4 Å². The van der Waals surface area contributed by atoms with Gasteiger partial charge in [0.15, 0.2) is 0 Å². The second-order valence-electron chi connectivity index (χ2n) is 8.83. The molecule has 2 aromatic carbocycles. The van der Waals surface area contributed by atoms with Crippen LogP contribution in [0.15, 0.2) is 71.8 Å². The minimum Gasteiger partial charge on any atom is -0.348 e. The molecule has 5 heteroatoms. The molecule has 3 aromatic rings. The van der Waals surface area contributed by atoms with Crippen molar-refractivity contribution in [2.75, 3.05) is 6.54 Å². The molecular formula is C24H28N2O2S. The van der Waals surface area contributed by atoms with Crippen molar-refractivity contribution in [3.63, 3.8) is 0 Å². The van der Waals surface area contributed by atoms with Gasteiger partial charge in [-0.15, -0.1) is 0 Å². The molecule has 0 saturated heterocycles. The summed E-state index contributed by atoms with van der Waals surface area (Å²) in [6.07, 6.45) is 2.03. The van der Waals surface area contributed by atoms with E-state index in [1.165, 1.54) is 5.56 Å². The number of sulfonamides is 1. The Morgan fingerprint density at radius 1 is 0.897 bits per heavy atom. The van der Waals surface area contributed by atoms with Gasteiger partial charge in [0.25, 0.3) is 0 Å². The third kappa shape index (κ3) is 3.65. The number of benzene rings is 2. The summed E-state index contributed by atoms with van der Waals surface area (Å²) in [5.74, 6) is 0. The first-order chi connectivity index (χ1) is 13.7. The van der Waals surface area contributed by atoms with E-state index >= 15 is 0 Å². The predicted octanol–water partition coefficient (Wildman–Crippen LogP) is 4.89. The number of rotatable bonds is 3. The lowest BCUT2D eigenvalue weighted by Gasteiger charge is -2.36. The maximum absolute atomic E-state index is 13.6. The zero-order valence-corrected chi connectivity index (χ0v) is 18.3. The van der Waals surface area contributed by atoms with Crippen LogP contribution in [0.5, 0.6) is 0 Å².